The number of aromatic amines is 1. The molecule has 1 amide bonds. The Morgan fingerprint density at radius 2 is 2.40 bits per heavy atom. The highest BCUT2D eigenvalue weighted by Gasteiger charge is 2.16. The second-order valence-corrected chi connectivity index (χ2v) is 4.13. The summed E-state index contributed by atoms with van der Waals surface area (Å²) < 4.78 is 0. The lowest BCUT2D eigenvalue weighted by molar-refractivity contribution is 0.0764. The van der Waals surface area contributed by atoms with E-state index in [1.54, 1.807) is 6.20 Å². The molecule has 15 heavy (non-hydrogen) atoms. The third-order valence-corrected chi connectivity index (χ3v) is 2.85. The van der Waals surface area contributed by atoms with Crippen molar-refractivity contribution in [2.24, 2.45) is 0 Å². The number of hydrogen-bond acceptors (Lipinski definition) is 2. The van der Waals surface area contributed by atoms with Crippen LogP contribution >= 0.6 is 15.9 Å². The predicted octanol–water partition coefficient (Wildman–Crippen LogP) is 1.97. The Hall–Kier alpha value is -0.840. The zero-order valence-electron chi connectivity index (χ0n) is 9.09. The molecule has 0 saturated heterocycles. The average Bonchev–Trinajstić information content (AvgIpc) is 2.65. The molecular formula is C10H16BrN3O. The van der Waals surface area contributed by atoms with E-state index in [4.69, 9.17) is 0 Å². The van der Waals surface area contributed by atoms with Crippen molar-refractivity contribution in [2.45, 2.75) is 20.3 Å². The molecule has 1 aromatic rings. The van der Waals surface area contributed by atoms with E-state index in [2.05, 4.69) is 26.1 Å². The van der Waals surface area contributed by atoms with Gasteiger partial charge in [-0.05, 0) is 20.3 Å². The fourth-order valence-corrected chi connectivity index (χ4v) is 1.64. The molecule has 84 valence electrons. The molecule has 0 saturated carbocycles. The highest BCUT2D eigenvalue weighted by molar-refractivity contribution is 9.09. The van der Waals surface area contributed by atoms with Crippen LogP contribution in [0.2, 0.25) is 0 Å². The maximum Gasteiger partial charge on any atom is 0.257 e. The minimum Gasteiger partial charge on any atom is -0.339 e. The van der Waals surface area contributed by atoms with Crippen molar-refractivity contribution < 1.29 is 4.79 Å². The molecule has 0 aliphatic rings. The number of nitrogens with one attached hydrogen (secondary N) is 1. The number of alkyl halides is 1. The third-order valence-electron chi connectivity index (χ3n) is 2.29. The number of rotatable bonds is 5. The van der Waals surface area contributed by atoms with Crippen LogP contribution in [0.15, 0.2) is 6.20 Å². The summed E-state index contributed by atoms with van der Waals surface area (Å²) in [6.07, 6.45) is 2.56. The number of aryl methyl sites for hydroxylation is 1. The number of carbonyl (C=O) groups is 1. The number of carbonyl (C=O) groups excluding carboxylic acids is 1. The second-order valence-electron chi connectivity index (χ2n) is 3.34. The van der Waals surface area contributed by atoms with Crippen molar-refractivity contribution in [1.29, 1.82) is 0 Å². The Bertz CT molecular complexity index is 324. The van der Waals surface area contributed by atoms with Gasteiger partial charge in [-0.1, -0.05) is 15.9 Å². The summed E-state index contributed by atoms with van der Waals surface area (Å²) in [5.41, 5.74) is 1.50. The van der Waals surface area contributed by atoms with Crippen LogP contribution in [-0.4, -0.2) is 39.4 Å². The van der Waals surface area contributed by atoms with Crippen LogP contribution < -0.4 is 0 Å². The molecule has 0 fully saturated rings. The molecule has 0 spiro atoms. The van der Waals surface area contributed by atoms with Gasteiger partial charge in [-0.15, -0.1) is 0 Å². The zero-order valence-corrected chi connectivity index (χ0v) is 10.7. The number of H-pyrrole nitrogens is 1. The van der Waals surface area contributed by atoms with Gasteiger partial charge >= 0.3 is 0 Å². The molecule has 5 heteroatoms. The van der Waals surface area contributed by atoms with Crippen molar-refractivity contribution >= 4 is 21.8 Å². The van der Waals surface area contributed by atoms with E-state index in [1.165, 1.54) is 0 Å². The SMILES string of the molecule is CCN(CCCBr)C(=O)c1cn[nH]c1C. The number of hydrogen-bond donors (Lipinski definition) is 1. The summed E-state index contributed by atoms with van der Waals surface area (Å²) in [7, 11) is 0. The van der Waals surface area contributed by atoms with Crippen molar-refractivity contribution in [3.63, 3.8) is 0 Å². The Balaban J connectivity index is 2.69. The molecule has 4 nitrogen and oxygen atoms in total. The number of halogens is 1. The maximum absolute atomic E-state index is 12.0. The van der Waals surface area contributed by atoms with E-state index in [0.29, 0.717) is 5.56 Å². The molecule has 1 heterocycles. The first-order valence-corrected chi connectivity index (χ1v) is 6.18. The molecule has 1 rings (SSSR count). The van der Waals surface area contributed by atoms with Crippen molar-refractivity contribution in [3.05, 3.63) is 17.5 Å². The molecule has 0 radical (unpaired) electrons. The molecule has 0 unspecified atom stereocenters. The molecule has 0 atom stereocenters. The first-order chi connectivity index (χ1) is 7.20. The van der Waals surface area contributed by atoms with Crippen LogP contribution in [0.25, 0.3) is 0 Å². The Kier molecular flexibility index (Phi) is 4.81. The number of nitrogens with zero attached hydrogens (tertiary/aromatic N) is 2. The van der Waals surface area contributed by atoms with E-state index in [9.17, 15) is 4.79 Å². The number of aromatic nitrogens is 2. The van der Waals surface area contributed by atoms with E-state index < -0.39 is 0 Å². The summed E-state index contributed by atoms with van der Waals surface area (Å²) in [6, 6.07) is 0. The third kappa shape index (κ3) is 3.06. The Labute approximate surface area is 98.2 Å². The smallest absolute Gasteiger partial charge is 0.257 e. The summed E-state index contributed by atoms with van der Waals surface area (Å²) in [5, 5.41) is 7.55. The quantitative estimate of drug-likeness (QED) is 0.834. The first-order valence-electron chi connectivity index (χ1n) is 5.06. The monoisotopic (exact) mass is 273 g/mol. The van der Waals surface area contributed by atoms with Crippen LogP contribution in [0, 0.1) is 6.92 Å². The van der Waals surface area contributed by atoms with Crippen LogP contribution in [0.1, 0.15) is 29.4 Å². The summed E-state index contributed by atoms with van der Waals surface area (Å²) in [4.78, 5) is 13.8. The summed E-state index contributed by atoms with van der Waals surface area (Å²) in [6.45, 7) is 5.36. The summed E-state index contributed by atoms with van der Waals surface area (Å²) in [5.74, 6) is 0.0599. The van der Waals surface area contributed by atoms with Gasteiger partial charge in [0.25, 0.3) is 5.91 Å². The first kappa shape index (κ1) is 12.2. The molecule has 1 N–H and O–H groups in total. The van der Waals surface area contributed by atoms with Crippen LogP contribution in [0.3, 0.4) is 0 Å². The normalized spacial score (nSPS) is 10.3. The van der Waals surface area contributed by atoms with Gasteiger partial charge in [0.1, 0.15) is 0 Å². The van der Waals surface area contributed by atoms with Crippen LogP contribution in [0.5, 0.6) is 0 Å². The average molecular weight is 274 g/mol. The second kappa shape index (κ2) is 5.90. The predicted molar refractivity (Wildman–Crippen MR) is 63.3 cm³/mol. The highest BCUT2D eigenvalue weighted by Crippen LogP contribution is 2.08. The van der Waals surface area contributed by atoms with E-state index in [0.717, 1.165) is 30.5 Å². The fraction of sp³-hybridized carbons (Fsp3) is 0.600. The summed E-state index contributed by atoms with van der Waals surface area (Å²) >= 11 is 3.36. The van der Waals surface area contributed by atoms with Gasteiger partial charge in [0.2, 0.25) is 0 Å². The topological polar surface area (TPSA) is 49.0 Å². The standard InChI is InChI=1S/C10H16BrN3O/c1-3-14(6-4-5-11)10(15)9-7-12-13-8(9)2/h7H,3-6H2,1-2H3,(H,12,13). The molecule has 0 aliphatic heterocycles. The van der Waals surface area contributed by atoms with Gasteiger partial charge in [-0.2, -0.15) is 5.10 Å². The molecule has 1 aromatic heterocycles. The molecule has 0 aromatic carbocycles. The van der Waals surface area contributed by atoms with Gasteiger partial charge in [0.15, 0.2) is 0 Å². The van der Waals surface area contributed by atoms with Gasteiger partial charge in [-0.25, -0.2) is 0 Å². The van der Waals surface area contributed by atoms with Gasteiger partial charge < -0.3 is 4.90 Å². The lowest BCUT2D eigenvalue weighted by Crippen LogP contribution is -2.32. The lowest BCUT2D eigenvalue weighted by atomic mass is 10.2. The number of amides is 1. The van der Waals surface area contributed by atoms with Crippen LogP contribution in [-0.2, 0) is 0 Å². The Morgan fingerprint density at radius 3 is 2.87 bits per heavy atom. The van der Waals surface area contributed by atoms with E-state index in [-0.39, 0.29) is 5.91 Å². The molecular weight excluding hydrogens is 258 g/mol. The van der Waals surface area contributed by atoms with Gasteiger partial charge in [0.05, 0.1) is 11.8 Å². The maximum atomic E-state index is 12.0. The van der Waals surface area contributed by atoms with Crippen molar-refractivity contribution in [3.8, 4) is 0 Å². The van der Waals surface area contributed by atoms with Gasteiger partial charge in [-0.3, -0.25) is 9.89 Å². The Morgan fingerprint density at radius 1 is 1.67 bits per heavy atom. The minimum atomic E-state index is 0.0599. The molecule has 0 bridgehead atoms. The fourth-order valence-electron chi connectivity index (χ4n) is 1.39. The highest BCUT2D eigenvalue weighted by atomic mass is 79.9. The molecule has 0 aliphatic carbocycles. The largest absolute Gasteiger partial charge is 0.339 e. The van der Waals surface area contributed by atoms with E-state index >= 15 is 0 Å². The van der Waals surface area contributed by atoms with Gasteiger partial charge in [0, 0.05) is 24.1 Å². The lowest BCUT2D eigenvalue weighted by Gasteiger charge is -2.19. The van der Waals surface area contributed by atoms with Crippen molar-refractivity contribution in [1.82, 2.24) is 15.1 Å². The van der Waals surface area contributed by atoms with E-state index in [1.807, 2.05) is 18.7 Å². The van der Waals surface area contributed by atoms with Crippen LogP contribution in [0.4, 0.5) is 0 Å². The van der Waals surface area contributed by atoms with Crippen molar-refractivity contribution in [2.75, 3.05) is 18.4 Å². The minimum absolute atomic E-state index is 0.0599. The zero-order chi connectivity index (χ0) is 11.3.